The van der Waals surface area contributed by atoms with Crippen molar-refractivity contribution in [1.82, 2.24) is 6.15 Å². The Morgan fingerprint density at radius 2 is 0.857 bits per heavy atom. The van der Waals surface area contributed by atoms with E-state index in [2.05, 4.69) is 0 Å². The van der Waals surface area contributed by atoms with Crippen molar-refractivity contribution in [2.45, 2.75) is 0 Å². The van der Waals surface area contributed by atoms with Crippen LogP contribution in [0.3, 0.4) is 0 Å². The summed E-state index contributed by atoms with van der Waals surface area (Å²) in [5.41, 5.74) is 0. The fourth-order valence-electron chi connectivity index (χ4n) is 0. The first-order valence-electron chi connectivity index (χ1n) is 1.35. The Morgan fingerprint density at radius 3 is 0.857 bits per heavy atom. The topological polar surface area (TPSA) is 256 Å². The summed E-state index contributed by atoms with van der Waals surface area (Å²) in [7, 11) is -10.1. The summed E-state index contributed by atoms with van der Waals surface area (Å²) in [6.07, 6.45) is 0. The van der Waals surface area contributed by atoms with Crippen LogP contribution in [0, 0.1) is 0 Å². The zero-order chi connectivity index (χ0) is 9.00. The van der Waals surface area contributed by atoms with Gasteiger partial charge >= 0.3 is 17.4 Å². The average molecular weight is 273 g/mol. The fourth-order valence-corrected chi connectivity index (χ4v) is 0. The SMILES string of the molecule is N.O.O.O=S(=O)([O-])O.O=S(=O)([O-])[O-].[Al+3]. The molecule has 0 amide bonds. The molecular formula is H8AlNO10S2. The molecule has 14 heteroatoms. The quantitative estimate of drug-likeness (QED) is 0.245. The average Bonchev–Trinajstić information content (AvgIpc) is 1.12. The second-order valence-electron chi connectivity index (χ2n) is 0.836. The second kappa shape index (κ2) is 13.2. The van der Waals surface area contributed by atoms with E-state index in [0.717, 1.165) is 0 Å². The molecule has 0 spiro atoms. The first-order chi connectivity index (χ1) is 4.00. The zero-order valence-electron chi connectivity index (χ0n) is 6.41. The Bertz CT molecular complexity index is 214. The van der Waals surface area contributed by atoms with Crippen LogP contribution in [0.2, 0.25) is 0 Å². The van der Waals surface area contributed by atoms with Crippen molar-refractivity contribution >= 4 is 38.2 Å². The van der Waals surface area contributed by atoms with E-state index in [4.69, 9.17) is 35.0 Å². The zero-order valence-corrected chi connectivity index (χ0v) is 9.19. The van der Waals surface area contributed by atoms with Crippen molar-refractivity contribution in [3.05, 3.63) is 0 Å². The van der Waals surface area contributed by atoms with Gasteiger partial charge in [-0.25, -0.2) is 8.42 Å². The third-order valence-electron chi connectivity index (χ3n) is 0. The molecular weight excluding hydrogens is 265 g/mol. The predicted molar refractivity (Wildman–Crippen MR) is 40.8 cm³/mol. The van der Waals surface area contributed by atoms with Gasteiger partial charge in [0, 0.05) is 10.4 Å². The van der Waals surface area contributed by atoms with Crippen molar-refractivity contribution in [2.75, 3.05) is 0 Å². The van der Waals surface area contributed by atoms with Crippen molar-refractivity contribution in [2.24, 2.45) is 0 Å². The molecule has 11 nitrogen and oxygen atoms in total. The molecule has 0 aliphatic carbocycles. The van der Waals surface area contributed by atoms with Gasteiger partial charge in [0.15, 0.2) is 0 Å². The van der Waals surface area contributed by atoms with Crippen molar-refractivity contribution < 1.29 is 46.0 Å². The largest absolute Gasteiger partial charge is 3.00 e. The molecule has 0 aromatic carbocycles. The molecule has 88 valence electrons. The van der Waals surface area contributed by atoms with Crippen LogP contribution in [-0.2, 0) is 20.8 Å². The van der Waals surface area contributed by atoms with Gasteiger partial charge < -0.3 is 30.8 Å². The molecule has 0 unspecified atom stereocenters. The minimum Gasteiger partial charge on any atom is -0.759 e. The molecule has 0 saturated carbocycles. The van der Waals surface area contributed by atoms with E-state index in [9.17, 15) is 0 Å². The van der Waals surface area contributed by atoms with Crippen molar-refractivity contribution in [1.29, 1.82) is 0 Å². The van der Waals surface area contributed by atoms with Crippen LogP contribution in [-0.4, -0.2) is 63.4 Å². The molecule has 0 radical (unpaired) electrons. The van der Waals surface area contributed by atoms with Crippen LogP contribution < -0.4 is 6.15 Å². The molecule has 0 atom stereocenters. The van der Waals surface area contributed by atoms with E-state index in [1.807, 2.05) is 0 Å². The van der Waals surface area contributed by atoms with E-state index >= 15 is 0 Å². The fraction of sp³-hybridized carbons (Fsp3) is 0. The van der Waals surface area contributed by atoms with Gasteiger partial charge in [-0.2, -0.15) is 0 Å². The Kier molecular flexibility index (Phi) is 34.6. The van der Waals surface area contributed by atoms with Gasteiger partial charge in [-0.15, -0.1) is 0 Å². The summed E-state index contributed by atoms with van der Waals surface area (Å²) in [4.78, 5) is 0. The third kappa shape index (κ3) is 65000. The van der Waals surface area contributed by atoms with Crippen molar-refractivity contribution in [3.63, 3.8) is 0 Å². The third-order valence-corrected chi connectivity index (χ3v) is 0. The summed E-state index contributed by atoms with van der Waals surface area (Å²) < 4.78 is 66.9. The molecule has 14 heavy (non-hydrogen) atoms. The summed E-state index contributed by atoms with van der Waals surface area (Å²) in [5, 5.41) is 0. The van der Waals surface area contributed by atoms with Crippen LogP contribution in [0.25, 0.3) is 0 Å². The summed E-state index contributed by atoms with van der Waals surface area (Å²) in [5.74, 6) is 0. The molecule has 0 aliphatic rings. The smallest absolute Gasteiger partial charge is 0.759 e. The first kappa shape index (κ1) is 36.8. The Morgan fingerprint density at radius 1 is 0.857 bits per heavy atom. The molecule has 0 saturated heterocycles. The molecule has 0 aromatic heterocycles. The van der Waals surface area contributed by atoms with E-state index < -0.39 is 20.8 Å². The van der Waals surface area contributed by atoms with Gasteiger partial charge in [0.2, 0.25) is 10.4 Å². The molecule has 0 fully saturated rings. The minimum absolute atomic E-state index is 0. The van der Waals surface area contributed by atoms with Gasteiger partial charge in [0.05, 0.1) is 0 Å². The van der Waals surface area contributed by atoms with Gasteiger partial charge in [-0.05, 0) is 0 Å². The van der Waals surface area contributed by atoms with E-state index in [0.29, 0.717) is 0 Å². The molecule has 0 aromatic rings. The molecule has 0 heterocycles. The molecule has 0 rings (SSSR count). The summed E-state index contributed by atoms with van der Waals surface area (Å²) in [6.45, 7) is 0. The van der Waals surface area contributed by atoms with E-state index in [1.54, 1.807) is 0 Å². The van der Waals surface area contributed by atoms with Crippen LogP contribution >= 0.6 is 0 Å². The monoisotopic (exact) mass is 273 g/mol. The number of hydrogen-bond donors (Lipinski definition) is 2. The second-order valence-corrected chi connectivity index (χ2v) is 2.51. The Balaban J connectivity index is -0.0000000178. The van der Waals surface area contributed by atoms with Crippen molar-refractivity contribution in [3.8, 4) is 0 Å². The Labute approximate surface area is 90.6 Å². The van der Waals surface area contributed by atoms with Crippen LogP contribution in [0.1, 0.15) is 0 Å². The van der Waals surface area contributed by atoms with E-state index in [-0.39, 0.29) is 34.5 Å². The van der Waals surface area contributed by atoms with Gasteiger partial charge in [0.1, 0.15) is 0 Å². The van der Waals surface area contributed by atoms with Crippen LogP contribution in [0.15, 0.2) is 0 Å². The standard InChI is InChI=1S/Al.H3N.2H2O4S.2H2O/c;;2*1-5(2,3)4;;/h;1H3;2*(H2,1,2,3,4);2*1H2/q+3;;;;;/p-3. The molecule has 0 aliphatic heterocycles. The maximum Gasteiger partial charge on any atom is 3.00 e. The maximum absolute atomic E-state index is 8.63. The normalized spacial score (nSPS) is 8.29. The van der Waals surface area contributed by atoms with E-state index in [1.165, 1.54) is 0 Å². The summed E-state index contributed by atoms with van der Waals surface area (Å²) in [6, 6.07) is 0. The van der Waals surface area contributed by atoms with Gasteiger partial charge in [0.25, 0.3) is 0 Å². The van der Waals surface area contributed by atoms with Crippen LogP contribution in [0.4, 0.5) is 0 Å². The van der Waals surface area contributed by atoms with Gasteiger partial charge in [-0.1, -0.05) is 0 Å². The minimum atomic E-state index is -5.17. The summed E-state index contributed by atoms with van der Waals surface area (Å²) >= 11 is 0. The Hall–Kier alpha value is 0.152. The number of rotatable bonds is 0. The van der Waals surface area contributed by atoms with Gasteiger partial charge in [-0.3, -0.25) is 13.0 Å². The molecule has 0 bridgehead atoms. The molecule has 8 N–H and O–H groups in total. The van der Waals surface area contributed by atoms with Crippen LogP contribution in [0.5, 0.6) is 0 Å². The maximum atomic E-state index is 8.63. The first-order valence-corrected chi connectivity index (χ1v) is 4.05. The number of hydrogen-bond acceptors (Lipinski definition) is 8. The predicted octanol–water partition coefficient (Wildman–Crippen LogP) is -4.20.